The van der Waals surface area contributed by atoms with Crippen molar-refractivity contribution in [3.05, 3.63) is 11.8 Å². The van der Waals surface area contributed by atoms with Crippen LogP contribution < -0.4 is 0 Å². The van der Waals surface area contributed by atoms with Crippen molar-refractivity contribution in [1.29, 1.82) is 0 Å². The highest BCUT2D eigenvalue weighted by atomic mass is 16.2. The molecule has 2 heteroatoms. The molecule has 0 saturated heterocycles. The lowest BCUT2D eigenvalue weighted by Gasteiger charge is -2.01. The first-order valence-corrected chi connectivity index (χ1v) is 6.13. The van der Waals surface area contributed by atoms with Crippen molar-refractivity contribution in [3.8, 4) is 0 Å². The lowest BCUT2D eigenvalue weighted by molar-refractivity contribution is -0.105. The first kappa shape index (κ1) is 14.2. The summed E-state index contributed by atoms with van der Waals surface area (Å²) in [6, 6.07) is 0. The summed E-state index contributed by atoms with van der Waals surface area (Å²) < 4.78 is 0. The normalized spacial score (nSPS) is 11.7. The van der Waals surface area contributed by atoms with Gasteiger partial charge in [0.05, 0.1) is 6.26 Å². The summed E-state index contributed by atoms with van der Waals surface area (Å²) in [4.78, 5) is 10.3. The molecule has 0 aliphatic rings. The van der Waals surface area contributed by atoms with Crippen molar-refractivity contribution in [1.82, 2.24) is 0 Å². The quantitative estimate of drug-likeness (QED) is 0.255. The van der Waals surface area contributed by atoms with Gasteiger partial charge in [-0.2, -0.15) is 0 Å². The third-order valence-corrected chi connectivity index (χ3v) is 2.64. The molecule has 0 unspecified atom stereocenters. The van der Waals surface area contributed by atoms with Crippen LogP contribution in [-0.4, -0.2) is 11.4 Å². The smallest absolute Gasteiger partial charge is 0.149 e. The van der Waals surface area contributed by atoms with Crippen LogP contribution in [0.5, 0.6) is 0 Å². The molecule has 0 radical (unpaired) electrons. The van der Waals surface area contributed by atoms with Crippen LogP contribution in [0.25, 0.3) is 0 Å². The molecule has 0 aromatic carbocycles. The number of unbranched alkanes of at least 4 members (excludes halogenated alkanes) is 7. The summed E-state index contributed by atoms with van der Waals surface area (Å²) in [6.45, 7) is 2.22. The van der Waals surface area contributed by atoms with Gasteiger partial charge in [0.25, 0.3) is 0 Å². The fourth-order valence-electron chi connectivity index (χ4n) is 1.62. The Kier molecular flexibility index (Phi) is 10.7. The minimum atomic E-state index is 0.515. The Hall–Kier alpha value is -0.790. The summed E-state index contributed by atoms with van der Waals surface area (Å²) >= 11 is 0. The van der Waals surface area contributed by atoms with E-state index in [1.165, 1.54) is 38.5 Å². The average Bonchev–Trinajstić information content (AvgIpc) is 2.27. The van der Waals surface area contributed by atoms with E-state index < -0.39 is 0 Å². The number of rotatable bonds is 10. The van der Waals surface area contributed by atoms with E-state index in [-0.39, 0.29) is 0 Å². The number of aliphatic hydroxyl groups excluding tert-OH is 1. The van der Waals surface area contributed by atoms with E-state index in [4.69, 9.17) is 5.11 Å². The van der Waals surface area contributed by atoms with Gasteiger partial charge in [0.2, 0.25) is 0 Å². The number of carbonyl (C=O) groups is 1. The molecule has 1 N–H and O–H groups in total. The maximum atomic E-state index is 10.3. The van der Waals surface area contributed by atoms with E-state index in [1.807, 2.05) is 0 Å². The summed E-state index contributed by atoms with van der Waals surface area (Å²) in [5, 5.41) is 8.63. The van der Waals surface area contributed by atoms with Crippen LogP contribution >= 0.6 is 0 Å². The molecule has 0 aliphatic heterocycles. The molecular formula is C13H24O2. The Morgan fingerprint density at radius 1 is 1.00 bits per heavy atom. The van der Waals surface area contributed by atoms with E-state index in [2.05, 4.69) is 6.92 Å². The third-order valence-electron chi connectivity index (χ3n) is 2.64. The molecule has 0 heterocycles. The van der Waals surface area contributed by atoms with Gasteiger partial charge in [-0.3, -0.25) is 4.79 Å². The first-order chi connectivity index (χ1) is 7.35. The zero-order valence-corrected chi connectivity index (χ0v) is 9.87. The highest BCUT2D eigenvalue weighted by Gasteiger charge is 1.95. The monoisotopic (exact) mass is 212 g/mol. The molecule has 15 heavy (non-hydrogen) atoms. The fraction of sp³-hybridized carbons (Fsp3) is 0.769. The second-order valence-electron chi connectivity index (χ2n) is 4.05. The Labute approximate surface area is 93.4 Å². The molecule has 0 fully saturated rings. The Balaban J connectivity index is 3.14. The van der Waals surface area contributed by atoms with Crippen LogP contribution in [0.15, 0.2) is 11.8 Å². The zero-order chi connectivity index (χ0) is 11.4. The predicted molar refractivity (Wildman–Crippen MR) is 64.0 cm³/mol. The number of aliphatic hydroxyl groups is 1. The maximum Gasteiger partial charge on any atom is 0.149 e. The van der Waals surface area contributed by atoms with Crippen molar-refractivity contribution in [2.75, 3.05) is 0 Å². The van der Waals surface area contributed by atoms with Gasteiger partial charge < -0.3 is 5.11 Å². The van der Waals surface area contributed by atoms with Gasteiger partial charge in [-0.25, -0.2) is 0 Å². The molecule has 0 bridgehead atoms. The summed E-state index contributed by atoms with van der Waals surface area (Å²) in [6.07, 6.45) is 12.4. The van der Waals surface area contributed by atoms with Crippen LogP contribution in [0, 0.1) is 0 Å². The van der Waals surface area contributed by atoms with Gasteiger partial charge in [0.15, 0.2) is 0 Å². The zero-order valence-electron chi connectivity index (χ0n) is 9.87. The molecule has 0 aromatic heterocycles. The average molecular weight is 212 g/mol. The van der Waals surface area contributed by atoms with Crippen LogP contribution in [0.3, 0.4) is 0 Å². The van der Waals surface area contributed by atoms with Gasteiger partial charge >= 0.3 is 0 Å². The third kappa shape index (κ3) is 9.51. The molecule has 0 aromatic rings. The van der Waals surface area contributed by atoms with Crippen molar-refractivity contribution in [3.63, 3.8) is 0 Å². The maximum absolute atomic E-state index is 10.3. The largest absolute Gasteiger partial charge is 0.515 e. The molecule has 0 saturated carbocycles. The number of hydrogen-bond acceptors (Lipinski definition) is 2. The SMILES string of the molecule is CCCCCCCCCC/C(C=O)=C/O. The van der Waals surface area contributed by atoms with Crippen molar-refractivity contribution < 1.29 is 9.90 Å². The van der Waals surface area contributed by atoms with Crippen LogP contribution in [-0.2, 0) is 4.79 Å². The standard InChI is InChI=1S/C13H24O2/c1-2-3-4-5-6-7-8-9-10-13(11-14)12-15/h11-12,14H,2-10H2,1H3/b13-11-. The van der Waals surface area contributed by atoms with Gasteiger partial charge in [0.1, 0.15) is 6.29 Å². The molecular weight excluding hydrogens is 188 g/mol. The van der Waals surface area contributed by atoms with Gasteiger partial charge in [-0.05, 0) is 12.8 Å². The topological polar surface area (TPSA) is 37.3 Å². The van der Waals surface area contributed by atoms with Gasteiger partial charge in [-0.1, -0.05) is 51.9 Å². The van der Waals surface area contributed by atoms with E-state index in [9.17, 15) is 4.79 Å². The fourth-order valence-corrected chi connectivity index (χ4v) is 1.62. The Morgan fingerprint density at radius 3 is 2.00 bits per heavy atom. The van der Waals surface area contributed by atoms with Crippen molar-refractivity contribution in [2.45, 2.75) is 64.7 Å². The van der Waals surface area contributed by atoms with Crippen LogP contribution in [0.1, 0.15) is 64.7 Å². The highest BCUT2D eigenvalue weighted by molar-refractivity contribution is 5.72. The second-order valence-corrected chi connectivity index (χ2v) is 4.05. The first-order valence-electron chi connectivity index (χ1n) is 6.13. The van der Waals surface area contributed by atoms with Crippen LogP contribution in [0.2, 0.25) is 0 Å². The van der Waals surface area contributed by atoms with E-state index in [1.54, 1.807) is 0 Å². The number of allylic oxidation sites excluding steroid dienone is 1. The number of aldehydes is 1. The second kappa shape index (κ2) is 11.3. The molecule has 88 valence electrons. The van der Waals surface area contributed by atoms with E-state index >= 15 is 0 Å². The van der Waals surface area contributed by atoms with Gasteiger partial charge in [0, 0.05) is 5.57 Å². The summed E-state index contributed by atoms with van der Waals surface area (Å²) in [7, 11) is 0. The summed E-state index contributed by atoms with van der Waals surface area (Å²) in [5.41, 5.74) is 0.515. The lowest BCUT2D eigenvalue weighted by Crippen LogP contribution is -1.86. The Morgan fingerprint density at radius 2 is 1.53 bits per heavy atom. The predicted octanol–water partition coefficient (Wildman–Crippen LogP) is 4.16. The molecule has 0 aliphatic carbocycles. The molecule has 0 amide bonds. The van der Waals surface area contributed by atoms with Crippen molar-refractivity contribution >= 4 is 6.29 Å². The molecule has 0 rings (SSSR count). The number of hydrogen-bond donors (Lipinski definition) is 1. The molecule has 0 spiro atoms. The van der Waals surface area contributed by atoms with E-state index in [0.29, 0.717) is 5.57 Å². The van der Waals surface area contributed by atoms with E-state index in [0.717, 1.165) is 31.8 Å². The van der Waals surface area contributed by atoms with Crippen LogP contribution in [0.4, 0.5) is 0 Å². The lowest BCUT2D eigenvalue weighted by atomic mass is 10.1. The highest BCUT2D eigenvalue weighted by Crippen LogP contribution is 2.11. The summed E-state index contributed by atoms with van der Waals surface area (Å²) in [5.74, 6) is 0. The Bertz CT molecular complexity index is 173. The minimum Gasteiger partial charge on any atom is -0.515 e. The number of carbonyl (C=O) groups excluding carboxylic acids is 1. The minimum absolute atomic E-state index is 0.515. The van der Waals surface area contributed by atoms with Crippen molar-refractivity contribution in [2.24, 2.45) is 0 Å². The molecule has 2 nitrogen and oxygen atoms in total. The van der Waals surface area contributed by atoms with Gasteiger partial charge in [-0.15, -0.1) is 0 Å². The molecule has 0 atom stereocenters.